The third kappa shape index (κ3) is 5.44. The summed E-state index contributed by atoms with van der Waals surface area (Å²) in [6.45, 7) is 0. The summed E-state index contributed by atoms with van der Waals surface area (Å²) in [5.41, 5.74) is 13.9. The second-order valence-corrected chi connectivity index (χ2v) is 13.7. The van der Waals surface area contributed by atoms with Crippen LogP contribution in [-0.2, 0) is 0 Å². The van der Waals surface area contributed by atoms with Gasteiger partial charge in [-0.1, -0.05) is 164 Å². The molecule has 0 aliphatic carbocycles. The highest BCUT2D eigenvalue weighted by Crippen LogP contribution is 2.49. The molecule has 0 aliphatic heterocycles. The van der Waals surface area contributed by atoms with Crippen LogP contribution >= 0.6 is 0 Å². The van der Waals surface area contributed by atoms with E-state index in [-0.39, 0.29) is 0 Å². The van der Waals surface area contributed by atoms with E-state index in [4.69, 9.17) is 0 Å². The maximum Gasteiger partial charge on any atom is 0.0546 e. The van der Waals surface area contributed by atoms with Crippen LogP contribution in [0, 0.1) is 0 Å². The lowest BCUT2D eigenvalue weighted by molar-refractivity contribution is 1.18. The van der Waals surface area contributed by atoms with E-state index in [9.17, 15) is 0 Å². The largest absolute Gasteiger partial charge is 0.310 e. The molecule has 0 fully saturated rings. The third-order valence-electron chi connectivity index (χ3n) is 10.6. The molecule has 1 heterocycles. The van der Waals surface area contributed by atoms with Gasteiger partial charge in [0, 0.05) is 33.4 Å². The first kappa shape index (κ1) is 31.6. The normalized spacial score (nSPS) is 11.3. The van der Waals surface area contributed by atoms with E-state index >= 15 is 0 Å². The van der Waals surface area contributed by atoms with Crippen LogP contribution in [0.5, 0.6) is 0 Å². The minimum atomic E-state index is 1.09. The Bertz CT molecular complexity index is 2930. The van der Waals surface area contributed by atoms with Gasteiger partial charge in [0.05, 0.1) is 16.7 Å². The molecule has 0 radical (unpaired) electrons. The maximum atomic E-state index is 2.46. The lowest BCUT2D eigenvalue weighted by Gasteiger charge is -2.30. The van der Waals surface area contributed by atoms with Crippen LogP contribution in [-0.4, -0.2) is 4.57 Å². The SMILES string of the molecule is c1ccc(-c2ccccc2-c2c(-c3ccccc3)cccc2N(c2ccc3ccccc3c2)c2ccc3c(c2)c2ccccc2n3-c2ccccc2)cc1. The summed E-state index contributed by atoms with van der Waals surface area (Å²) in [7, 11) is 0. The Morgan fingerprint density at radius 3 is 1.67 bits per heavy atom. The van der Waals surface area contributed by atoms with Crippen LogP contribution in [0.3, 0.4) is 0 Å². The molecule has 2 nitrogen and oxygen atoms in total. The van der Waals surface area contributed by atoms with Gasteiger partial charge in [-0.3, -0.25) is 0 Å². The molecule has 10 rings (SSSR count). The number of benzene rings is 9. The summed E-state index contributed by atoms with van der Waals surface area (Å²) >= 11 is 0. The predicted octanol–water partition coefficient (Wildman–Crippen LogP) is 14.4. The van der Waals surface area contributed by atoms with Crippen LogP contribution in [0.15, 0.2) is 218 Å². The van der Waals surface area contributed by atoms with Gasteiger partial charge in [-0.25, -0.2) is 0 Å². The Labute approximate surface area is 315 Å². The van der Waals surface area contributed by atoms with E-state index in [0.29, 0.717) is 0 Å². The summed E-state index contributed by atoms with van der Waals surface area (Å²) < 4.78 is 2.38. The van der Waals surface area contributed by atoms with Crippen molar-refractivity contribution in [3.05, 3.63) is 218 Å². The van der Waals surface area contributed by atoms with Gasteiger partial charge in [0.2, 0.25) is 0 Å². The fourth-order valence-corrected chi connectivity index (χ4v) is 8.14. The standard InChI is InChI=1S/C52H36N2/c1-4-18-38(19-5-1)44-25-12-13-27-47(44)52-45(39-20-6-2-7-21-39)28-16-30-51(52)53(42-32-31-37-17-10-11-22-40(37)35-42)43-33-34-50-48(36-43)46-26-14-15-29-49(46)54(50)41-23-8-3-9-24-41/h1-36H. The molecule has 0 atom stereocenters. The zero-order chi connectivity index (χ0) is 35.8. The average Bonchev–Trinajstić information content (AvgIpc) is 3.58. The van der Waals surface area contributed by atoms with Crippen molar-refractivity contribution in [3.63, 3.8) is 0 Å². The summed E-state index contributed by atoms with van der Waals surface area (Å²) in [6, 6.07) is 79.0. The molecule has 2 heteroatoms. The number of hydrogen-bond acceptors (Lipinski definition) is 1. The fraction of sp³-hybridized carbons (Fsp3) is 0. The molecule has 0 unspecified atom stereocenters. The summed E-state index contributed by atoms with van der Waals surface area (Å²) in [5, 5.41) is 4.86. The molecule has 254 valence electrons. The van der Waals surface area contributed by atoms with E-state index in [1.807, 2.05) is 0 Å². The zero-order valence-electron chi connectivity index (χ0n) is 29.7. The number of para-hydroxylation sites is 2. The van der Waals surface area contributed by atoms with Gasteiger partial charge in [0.15, 0.2) is 0 Å². The molecule has 0 bridgehead atoms. The molecule has 54 heavy (non-hydrogen) atoms. The molecule has 9 aromatic carbocycles. The van der Waals surface area contributed by atoms with Crippen LogP contribution in [0.4, 0.5) is 17.1 Å². The molecule has 1 aromatic heterocycles. The second kappa shape index (κ2) is 13.4. The van der Waals surface area contributed by atoms with Gasteiger partial charge < -0.3 is 9.47 Å². The quantitative estimate of drug-likeness (QED) is 0.162. The molecule has 0 spiro atoms. The summed E-state index contributed by atoms with van der Waals surface area (Å²) in [5.74, 6) is 0. The topological polar surface area (TPSA) is 8.17 Å². The molecule has 0 saturated carbocycles. The Morgan fingerprint density at radius 1 is 0.333 bits per heavy atom. The highest BCUT2D eigenvalue weighted by Gasteiger charge is 2.24. The van der Waals surface area contributed by atoms with E-state index in [1.165, 1.54) is 66.0 Å². The molecule has 0 saturated heterocycles. The van der Waals surface area contributed by atoms with Crippen molar-refractivity contribution in [2.45, 2.75) is 0 Å². The van der Waals surface area contributed by atoms with Crippen LogP contribution in [0.25, 0.3) is 71.6 Å². The second-order valence-electron chi connectivity index (χ2n) is 13.7. The molecule has 0 N–H and O–H groups in total. The van der Waals surface area contributed by atoms with E-state index < -0.39 is 0 Å². The monoisotopic (exact) mass is 688 g/mol. The van der Waals surface area contributed by atoms with E-state index in [1.54, 1.807) is 0 Å². The predicted molar refractivity (Wildman–Crippen MR) is 229 cm³/mol. The fourth-order valence-electron chi connectivity index (χ4n) is 8.14. The van der Waals surface area contributed by atoms with E-state index in [2.05, 4.69) is 228 Å². The Morgan fingerprint density at radius 2 is 0.889 bits per heavy atom. The van der Waals surface area contributed by atoms with Gasteiger partial charge in [-0.05, 0) is 93.2 Å². The summed E-state index contributed by atoms with van der Waals surface area (Å²) in [6.07, 6.45) is 0. The van der Waals surface area contributed by atoms with Crippen molar-refractivity contribution >= 4 is 49.6 Å². The Kier molecular flexibility index (Phi) is 7.85. The molecule has 0 amide bonds. The number of hydrogen-bond donors (Lipinski definition) is 0. The first-order chi connectivity index (χ1) is 26.8. The smallest absolute Gasteiger partial charge is 0.0546 e. The highest BCUT2D eigenvalue weighted by molar-refractivity contribution is 6.11. The highest BCUT2D eigenvalue weighted by atomic mass is 15.1. The van der Waals surface area contributed by atoms with Crippen molar-refractivity contribution in [1.82, 2.24) is 4.57 Å². The van der Waals surface area contributed by atoms with Crippen LogP contribution < -0.4 is 4.90 Å². The number of fused-ring (bicyclic) bond motifs is 4. The molecular weight excluding hydrogens is 653 g/mol. The molecule has 0 aliphatic rings. The molecular formula is C52H36N2. The lowest BCUT2D eigenvalue weighted by atomic mass is 9.87. The van der Waals surface area contributed by atoms with Crippen molar-refractivity contribution < 1.29 is 0 Å². The summed E-state index contributed by atoms with van der Waals surface area (Å²) in [4.78, 5) is 2.46. The lowest BCUT2D eigenvalue weighted by Crippen LogP contribution is -2.12. The molecule has 10 aromatic rings. The number of nitrogens with zero attached hydrogens (tertiary/aromatic N) is 2. The van der Waals surface area contributed by atoms with Crippen LogP contribution in [0.1, 0.15) is 0 Å². The number of rotatable bonds is 7. The minimum Gasteiger partial charge on any atom is -0.310 e. The third-order valence-corrected chi connectivity index (χ3v) is 10.6. The van der Waals surface area contributed by atoms with Crippen LogP contribution in [0.2, 0.25) is 0 Å². The van der Waals surface area contributed by atoms with Crippen molar-refractivity contribution in [1.29, 1.82) is 0 Å². The van der Waals surface area contributed by atoms with Gasteiger partial charge in [0.25, 0.3) is 0 Å². The first-order valence-corrected chi connectivity index (χ1v) is 18.5. The van der Waals surface area contributed by atoms with Gasteiger partial charge in [-0.15, -0.1) is 0 Å². The van der Waals surface area contributed by atoms with Gasteiger partial charge >= 0.3 is 0 Å². The zero-order valence-corrected chi connectivity index (χ0v) is 29.7. The van der Waals surface area contributed by atoms with Crippen molar-refractivity contribution in [2.75, 3.05) is 4.90 Å². The van der Waals surface area contributed by atoms with Crippen molar-refractivity contribution in [3.8, 4) is 39.1 Å². The van der Waals surface area contributed by atoms with Crippen molar-refractivity contribution in [2.24, 2.45) is 0 Å². The van der Waals surface area contributed by atoms with E-state index in [0.717, 1.165) is 22.7 Å². The maximum absolute atomic E-state index is 2.46. The average molecular weight is 689 g/mol. The Balaban J connectivity index is 1.29. The number of anilines is 3. The first-order valence-electron chi connectivity index (χ1n) is 18.5. The minimum absolute atomic E-state index is 1.09. The van der Waals surface area contributed by atoms with Gasteiger partial charge in [-0.2, -0.15) is 0 Å². The Hall–Kier alpha value is -7.16. The number of aromatic nitrogens is 1. The van der Waals surface area contributed by atoms with Gasteiger partial charge in [0.1, 0.15) is 0 Å².